The summed E-state index contributed by atoms with van der Waals surface area (Å²) in [6.45, 7) is 0. The van der Waals surface area contributed by atoms with Crippen molar-refractivity contribution >= 4 is 17.5 Å². The molecule has 0 heterocycles. The third-order valence-electron chi connectivity index (χ3n) is 1.36. The van der Waals surface area contributed by atoms with Gasteiger partial charge >= 0.3 is 0 Å². The topological polar surface area (TPSA) is 17.1 Å². The van der Waals surface area contributed by atoms with Gasteiger partial charge in [0.1, 0.15) is 5.78 Å². The zero-order valence-corrected chi connectivity index (χ0v) is 7.75. The van der Waals surface area contributed by atoms with E-state index in [0.717, 1.165) is 18.6 Å². The van der Waals surface area contributed by atoms with Crippen LogP contribution in [0.3, 0.4) is 0 Å². The molecule has 0 atom stereocenters. The molecule has 0 aliphatic heterocycles. The molecule has 62 valence electrons. The number of hydrogen-bond acceptors (Lipinski definition) is 2. The van der Waals surface area contributed by atoms with Crippen LogP contribution in [0.2, 0.25) is 0 Å². The first-order chi connectivity index (χ1) is 5.31. The Morgan fingerprint density at radius 2 is 2.27 bits per heavy atom. The molecule has 0 spiro atoms. The van der Waals surface area contributed by atoms with Gasteiger partial charge in [-0.3, -0.25) is 4.79 Å². The quantitative estimate of drug-likeness (QED) is 0.448. The van der Waals surface area contributed by atoms with Gasteiger partial charge in [-0.1, -0.05) is 0 Å². The molecule has 2 heteroatoms. The van der Waals surface area contributed by atoms with E-state index in [4.69, 9.17) is 6.42 Å². The predicted octanol–water partition coefficient (Wildman–Crippen LogP) is 2.11. The van der Waals surface area contributed by atoms with Crippen LogP contribution < -0.4 is 0 Å². The molecule has 0 aromatic rings. The van der Waals surface area contributed by atoms with Crippen LogP contribution in [0, 0.1) is 12.3 Å². The maximum Gasteiger partial charge on any atom is 0.133 e. The van der Waals surface area contributed by atoms with Gasteiger partial charge in [0, 0.05) is 19.3 Å². The Bertz CT molecular complexity index is 146. The molecule has 0 unspecified atom stereocenters. The molecule has 1 nitrogen and oxygen atoms in total. The van der Waals surface area contributed by atoms with E-state index in [1.807, 2.05) is 6.26 Å². The van der Waals surface area contributed by atoms with Crippen LogP contribution in [0.15, 0.2) is 0 Å². The summed E-state index contributed by atoms with van der Waals surface area (Å²) < 4.78 is 0. The molecule has 0 bridgehead atoms. The first-order valence-corrected chi connectivity index (χ1v) is 5.14. The molecule has 0 aromatic heterocycles. The highest BCUT2D eigenvalue weighted by Gasteiger charge is 1.99. The zero-order valence-electron chi connectivity index (χ0n) is 6.93. The van der Waals surface area contributed by atoms with Gasteiger partial charge in [-0.2, -0.15) is 11.8 Å². The van der Waals surface area contributed by atoms with Crippen molar-refractivity contribution in [1.29, 1.82) is 0 Å². The Morgan fingerprint density at radius 3 is 2.82 bits per heavy atom. The Balaban J connectivity index is 3.17. The monoisotopic (exact) mass is 170 g/mol. The van der Waals surface area contributed by atoms with Gasteiger partial charge in [-0.25, -0.2) is 0 Å². The Morgan fingerprint density at radius 1 is 1.55 bits per heavy atom. The van der Waals surface area contributed by atoms with E-state index in [0.29, 0.717) is 18.6 Å². The lowest BCUT2D eigenvalue weighted by Gasteiger charge is -1.95. The number of carbonyl (C=O) groups excluding carboxylic acids is 1. The Kier molecular flexibility index (Phi) is 7.39. The number of Topliss-reactive ketones (excluding diaryl/α,β-unsaturated/α-hetero) is 1. The molecule has 0 amide bonds. The average molecular weight is 170 g/mol. The highest BCUT2D eigenvalue weighted by molar-refractivity contribution is 7.98. The van der Waals surface area contributed by atoms with E-state index >= 15 is 0 Å². The number of terminal acetylenes is 1. The maximum absolute atomic E-state index is 11.0. The molecule has 0 aliphatic rings. The van der Waals surface area contributed by atoms with Crippen molar-refractivity contribution in [2.24, 2.45) is 0 Å². The fourth-order valence-electron chi connectivity index (χ4n) is 0.729. The second-order valence-corrected chi connectivity index (χ2v) is 3.32. The van der Waals surface area contributed by atoms with Crippen LogP contribution in [0.25, 0.3) is 0 Å². The smallest absolute Gasteiger partial charge is 0.133 e. The zero-order chi connectivity index (χ0) is 8.53. The Labute approximate surface area is 72.9 Å². The predicted molar refractivity (Wildman–Crippen MR) is 50.7 cm³/mol. The van der Waals surface area contributed by atoms with Crippen molar-refractivity contribution in [3.63, 3.8) is 0 Å². The number of ketones is 1. The summed E-state index contributed by atoms with van der Waals surface area (Å²) in [5, 5.41) is 0. The normalized spacial score (nSPS) is 9.09. The summed E-state index contributed by atoms with van der Waals surface area (Å²) in [6, 6.07) is 0. The standard InChI is InChI=1S/C9H14OS/c1-3-4-5-6-9(10)7-8-11-2/h1H,4-8H2,2H3. The first kappa shape index (κ1) is 10.6. The van der Waals surface area contributed by atoms with Crippen molar-refractivity contribution in [2.45, 2.75) is 25.7 Å². The molecule has 0 aromatic carbocycles. The molecule has 0 rings (SSSR count). The summed E-state index contributed by atoms with van der Waals surface area (Å²) in [4.78, 5) is 11.0. The van der Waals surface area contributed by atoms with E-state index in [1.165, 1.54) is 0 Å². The number of rotatable bonds is 6. The number of hydrogen-bond donors (Lipinski definition) is 0. The summed E-state index contributed by atoms with van der Waals surface area (Å²) in [5.41, 5.74) is 0. The lowest BCUT2D eigenvalue weighted by molar-refractivity contribution is -0.118. The fourth-order valence-corrected chi connectivity index (χ4v) is 1.16. The molecule has 11 heavy (non-hydrogen) atoms. The van der Waals surface area contributed by atoms with Gasteiger partial charge in [0.05, 0.1) is 0 Å². The number of carbonyl (C=O) groups is 1. The summed E-state index contributed by atoms with van der Waals surface area (Å²) >= 11 is 1.71. The van der Waals surface area contributed by atoms with E-state index in [9.17, 15) is 4.79 Å². The third kappa shape index (κ3) is 7.48. The first-order valence-electron chi connectivity index (χ1n) is 3.75. The van der Waals surface area contributed by atoms with Crippen LogP contribution >= 0.6 is 11.8 Å². The summed E-state index contributed by atoms with van der Waals surface area (Å²) in [5.74, 6) is 3.80. The van der Waals surface area contributed by atoms with Gasteiger partial charge in [0.15, 0.2) is 0 Å². The molecule has 0 radical (unpaired) electrons. The van der Waals surface area contributed by atoms with Gasteiger partial charge in [-0.05, 0) is 18.4 Å². The minimum absolute atomic E-state index is 0.342. The van der Waals surface area contributed by atoms with Crippen LogP contribution in [0.4, 0.5) is 0 Å². The average Bonchev–Trinajstić information content (AvgIpc) is 2.01. The van der Waals surface area contributed by atoms with E-state index in [-0.39, 0.29) is 0 Å². The molecule has 0 fully saturated rings. The second-order valence-electron chi connectivity index (χ2n) is 2.34. The third-order valence-corrected chi connectivity index (χ3v) is 1.97. The lowest BCUT2D eigenvalue weighted by Crippen LogP contribution is -1.98. The molecular weight excluding hydrogens is 156 g/mol. The fraction of sp³-hybridized carbons (Fsp3) is 0.667. The maximum atomic E-state index is 11.0. The second kappa shape index (κ2) is 7.68. The minimum atomic E-state index is 0.342. The highest BCUT2D eigenvalue weighted by atomic mass is 32.2. The largest absolute Gasteiger partial charge is 0.300 e. The van der Waals surface area contributed by atoms with Gasteiger partial charge in [0.2, 0.25) is 0 Å². The van der Waals surface area contributed by atoms with Crippen LogP contribution in [0.1, 0.15) is 25.7 Å². The molecule has 0 N–H and O–H groups in total. The van der Waals surface area contributed by atoms with Crippen LogP contribution in [-0.4, -0.2) is 17.8 Å². The lowest BCUT2D eigenvalue weighted by atomic mass is 10.1. The van der Waals surface area contributed by atoms with E-state index in [1.54, 1.807) is 11.8 Å². The van der Waals surface area contributed by atoms with Crippen molar-refractivity contribution in [2.75, 3.05) is 12.0 Å². The van der Waals surface area contributed by atoms with Crippen LogP contribution in [-0.2, 0) is 4.79 Å². The van der Waals surface area contributed by atoms with Crippen molar-refractivity contribution in [3.8, 4) is 12.3 Å². The highest BCUT2D eigenvalue weighted by Crippen LogP contribution is 2.02. The van der Waals surface area contributed by atoms with Crippen molar-refractivity contribution in [3.05, 3.63) is 0 Å². The summed E-state index contributed by atoms with van der Waals surface area (Å²) in [7, 11) is 0. The molecule has 0 saturated carbocycles. The molecule has 0 saturated heterocycles. The Hall–Kier alpha value is -0.420. The number of unbranched alkanes of at least 4 members (excludes halogenated alkanes) is 1. The van der Waals surface area contributed by atoms with Crippen molar-refractivity contribution in [1.82, 2.24) is 0 Å². The number of thioether (sulfide) groups is 1. The minimum Gasteiger partial charge on any atom is -0.300 e. The molecular formula is C9H14OS. The van der Waals surface area contributed by atoms with Gasteiger partial charge < -0.3 is 0 Å². The van der Waals surface area contributed by atoms with Gasteiger partial charge in [0.25, 0.3) is 0 Å². The summed E-state index contributed by atoms with van der Waals surface area (Å²) in [6.07, 6.45) is 9.99. The van der Waals surface area contributed by atoms with Crippen LogP contribution in [0.5, 0.6) is 0 Å². The molecule has 0 aliphatic carbocycles. The van der Waals surface area contributed by atoms with Gasteiger partial charge in [-0.15, -0.1) is 12.3 Å². The SMILES string of the molecule is C#CCCCC(=O)CCSC. The van der Waals surface area contributed by atoms with E-state index < -0.39 is 0 Å². The van der Waals surface area contributed by atoms with Crippen molar-refractivity contribution < 1.29 is 4.79 Å². The van der Waals surface area contributed by atoms with E-state index in [2.05, 4.69) is 5.92 Å².